The number of hydrogen-bond acceptors (Lipinski definition) is 2. The highest BCUT2D eigenvalue weighted by Crippen LogP contribution is 2.39. The molecule has 0 amide bonds. The molecule has 0 saturated heterocycles. The Morgan fingerprint density at radius 2 is 2.14 bits per heavy atom. The van der Waals surface area contributed by atoms with Crippen LogP contribution in [-0.2, 0) is 0 Å². The van der Waals surface area contributed by atoms with E-state index in [9.17, 15) is 0 Å². The second-order valence-electron chi connectivity index (χ2n) is 4.12. The average molecular weight is 207 g/mol. The van der Waals surface area contributed by atoms with Gasteiger partial charge < -0.3 is 4.90 Å². The summed E-state index contributed by atoms with van der Waals surface area (Å²) in [4.78, 5) is 3.84. The standard InChI is InChI=1S/C12H17NS/c1-9(2)10-5-4-6-11-12(10)13(3)7-8-14-11/h4-6,9H,7-8H2,1-3H3. The van der Waals surface area contributed by atoms with Crippen LogP contribution < -0.4 is 4.90 Å². The first-order chi connectivity index (χ1) is 6.70. The fraction of sp³-hybridized carbons (Fsp3) is 0.500. The summed E-state index contributed by atoms with van der Waals surface area (Å²) in [6, 6.07) is 6.67. The first-order valence-corrected chi connectivity index (χ1v) is 6.15. The Morgan fingerprint density at radius 3 is 2.86 bits per heavy atom. The van der Waals surface area contributed by atoms with Gasteiger partial charge in [-0.25, -0.2) is 0 Å². The number of anilines is 1. The third-order valence-electron chi connectivity index (χ3n) is 2.72. The molecular formula is C12H17NS. The molecule has 1 aliphatic heterocycles. The minimum atomic E-state index is 0.617. The lowest BCUT2D eigenvalue weighted by molar-refractivity contribution is 0.835. The first kappa shape index (κ1) is 9.91. The Hall–Kier alpha value is -0.630. The van der Waals surface area contributed by atoms with Crippen molar-refractivity contribution in [2.75, 3.05) is 24.2 Å². The molecule has 0 N–H and O–H groups in total. The third-order valence-corrected chi connectivity index (χ3v) is 3.75. The van der Waals surface area contributed by atoms with Crippen LogP contribution >= 0.6 is 11.8 Å². The molecule has 2 rings (SSSR count). The molecule has 14 heavy (non-hydrogen) atoms. The minimum absolute atomic E-state index is 0.617. The lowest BCUT2D eigenvalue weighted by atomic mass is 10.0. The van der Waals surface area contributed by atoms with Gasteiger partial charge in [0.15, 0.2) is 0 Å². The predicted molar refractivity (Wildman–Crippen MR) is 64.5 cm³/mol. The molecule has 1 aliphatic rings. The van der Waals surface area contributed by atoms with Gasteiger partial charge in [-0.3, -0.25) is 0 Å². The summed E-state index contributed by atoms with van der Waals surface area (Å²) in [6.45, 7) is 5.70. The van der Waals surface area contributed by atoms with E-state index in [-0.39, 0.29) is 0 Å². The van der Waals surface area contributed by atoms with Crippen LogP contribution in [0, 0.1) is 0 Å². The zero-order valence-corrected chi connectivity index (χ0v) is 9.90. The number of fused-ring (bicyclic) bond motifs is 1. The summed E-state index contributed by atoms with van der Waals surface area (Å²) in [5.41, 5.74) is 2.94. The van der Waals surface area contributed by atoms with Crippen molar-refractivity contribution < 1.29 is 0 Å². The van der Waals surface area contributed by atoms with E-state index in [1.54, 1.807) is 0 Å². The van der Waals surface area contributed by atoms with Crippen LogP contribution in [0.3, 0.4) is 0 Å². The molecule has 1 heterocycles. The van der Waals surface area contributed by atoms with E-state index in [0.29, 0.717) is 5.92 Å². The van der Waals surface area contributed by atoms with Gasteiger partial charge in [0.2, 0.25) is 0 Å². The average Bonchev–Trinajstić information content (AvgIpc) is 2.17. The molecule has 0 aliphatic carbocycles. The summed E-state index contributed by atoms with van der Waals surface area (Å²) in [6.07, 6.45) is 0. The number of thioether (sulfide) groups is 1. The Morgan fingerprint density at radius 1 is 1.36 bits per heavy atom. The Bertz CT molecular complexity index is 333. The van der Waals surface area contributed by atoms with E-state index in [1.165, 1.54) is 28.4 Å². The molecule has 0 unspecified atom stereocenters. The van der Waals surface area contributed by atoms with Crippen LogP contribution in [0.1, 0.15) is 25.3 Å². The summed E-state index contributed by atoms with van der Waals surface area (Å²) >= 11 is 1.98. The monoisotopic (exact) mass is 207 g/mol. The molecule has 76 valence electrons. The van der Waals surface area contributed by atoms with Gasteiger partial charge in [-0.15, -0.1) is 11.8 Å². The highest BCUT2D eigenvalue weighted by atomic mass is 32.2. The second kappa shape index (κ2) is 3.85. The van der Waals surface area contributed by atoms with Gasteiger partial charge >= 0.3 is 0 Å². The van der Waals surface area contributed by atoms with Crippen molar-refractivity contribution in [3.63, 3.8) is 0 Å². The van der Waals surface area contributed by atoms with Crippen molar-refractivity contribution in [2.45, 2.75) is 24.7 Å². The number of nitrogens with zero attached hydrogens (tertiary/aromatic N) is 1. The van der Waals surface area contributed by atoms with Crippen LogP contribution in [0.2, 0.25) is 0 Å². The number of para-hydroxylation sites is 1. The fourth-order valence-electron chi connectivity index (χ4n) is 1.93. The molecule has 1 aromatic rings. The van der Waals surface area contributed by atoms with Crippen molar-refractivity contribution in [3.05, 3.63) is 23.8 Å². The quantitative estimate of drug-likeness (QED) is 0.694. The van der Waals surface area contributed by atoms with Gasteiger partial charge in [0.25, 0.3) is 0 Å². The van der Waals surface area contributed by atoms with Gasteiger partial charge in [0.05, 0.1) is 5.69 Å². The van der Waals surface area contributed by atoms with Crippen molar-refractivity contribution in [1.29, 1.82) is 0 Å². The van der Waals surface area contributed by atoms with Gasteiger partial charge in [-0.1, -0.05) is 26.0 Å². The summed E-state index contributed by atoms with van der Waals surface area (Å²) < 4.78 is 0. The molecular weight excluding hydrogens is 190 g/mol. The van der Waals surface area contributed by atoms with E-state index in [4.69, 9.17) is 0 Å². The lowest BCUT2D eigenvalue weighted by Gasteiger charge is -2.30. The maximum atomic E-state index is 2.39. The van der Waals surface area contributed by atoms with Crippen molar-refractivity contribution >= 4 is 17.4 Å². The Balaban J connectivity index is 2.52. The maximum absolute atomic E-state index is 2.39. The molecule has 0 aromatic heterocycles. The maximum Gasteiger partial charge on any atom is 0.0537 e. The van der Waals surface area contributed by atoms with Crippen LogP contribution in [-0.4, -0.2) is 19.3 Å². The van der Waals surface area contributed by atoms with Gasteiger partial charge in [-0.05, 0) is 17.5 Å². The van der Waals surface area contributed by atoms with Crippen LogP contribution in [0.25, 0.3) is 0 Å². The highest BCUT2D eigenvalue weighted by Gasteiger charge is 2.18. The zero-order valence-electron chi connectivity index (χ0n) is 9.08. The number of benzene rings is 1. The van der Waals surface area contributed by atoms with Gasteiger partial charge in [0, 0.05) is 24.2 Å². The summed E-state index contributed by atoms with van der Waals surface area (Å²) in [7, 11) is 2.20. The van der Waals surface area contributed by atoms with Crippen LogP contribution in [0.5, 0.6) is 0 Å². The molecule has 0 saturated carbocycles. The Kier molecular flexibility index (Phi) is 2.73. The SMILES string of the molecule is CC(C)c1cccc2c1N(C)CCS2. The van der Waals surface area contributed by atoms with E-state index in [1.807, 2.05) is 11.8 Å². The molecule has 0 spiro atoms. The van der Waals surface area contributed by atoms with E-state index in [0.717, 1.165) is 0 Å². The second-order valence-corrected chi connectivity index (χ2v) is 5.26. The summed E-state index contributed by atoms with van der Waals surface area (Å²) in [5, 5.41) is 0. The number of hydrogen-bond donors (Lipinski definition) is 0. The molecule has 0 bridgehead atoms. The van der Waals surface area contributed by atoms with E-state index < -0.39 is 0 Å². The van der Waals surface area contributed by atoms with Crippen molar-refractivity contribution in [2.24, 2.45) is 0 Å². The van der Waals surface area contributed by atoms with Crippen molar-refractivity contribution in [3.8, 4) is 0 Å². The molecule has 1 nitrogen and oxygen atoms in total. The molecule has 0 radical (unpaired) electrons. The topological polar surface area (TPSA) is 3.24 Å². The van der Waals surface area contributed by atoms with E-state index in [2.05, 4.69) is 44.0 Å². The highest BCUT2D eigenvalue weighted by molar-refractivity contribution is 7.99. The van der Waals surface area contributed by atoms with Crippen LogP contribution in [0.4, 0.5) is 5.69 Å². The molecule has 2 heteroatoms. The minimum Gasteiger partial charge on any atom is -0.373 e. The molecule has 1 aromatic carbocycles. The largest absolute Gasteiger partial charge is 0.373 e. The molecule has 0 fully saturated rings. The third kappa shape index (κ3) is 1.63. The van der Waals surface area contributed by atoms with E-state index >= 15 is 0 Å². The molecule has 0 atom stereocenters. The first-order valence-electron chi connectivity index (χ1n) is 5.17. The predicted octanol–water partition coefficient (Wildman–Crippen LogP) is 3.35. The summed E-state index contributed by atoms with van der Waals surface area (Å²) in [5.74, 6) is 1.83. The van der Waals surface area contributed by atoms with Crippen LogP contribution in [0.15, 0.2) is 23.1 Å². The normalized spacial score (nSPS) is 15.9. The fourth-order valence-corrected chi connectivity index (χ4v) is 3.10. The Labute approximate surface area is 90.5 Å². The lowest BCUT2D eigenvalue weighted by Crippen LogP contribution is -2.25. The van der Waals surface area contributed by atoms with Gasteiger partial charge in [-0.2, -0.15) is 0 Å². The van der Waals surface area contributed by atoms with Crippen molar-refractivity contribution in [1.82, 2.24) is 0 Å². The zero-order chi connectivity index (χ0) is 10.1. The number of rotatable bonds is 1. The smallest absolute Gasteiger partial charge is 0.0537 e. The van der Waals surface area contributed by atoms with Gasteiger partial charge in [0.1, 0.15) is 0 Å².